The normalized spacial score (nSPS) is 19.4. The number of aliphatic hydroxyl groups is 3. The van der Waals surface area contributed by atoms with Crippen molar-refractivity contribution in [2.75, 3.05) is 6.61 Å². The van der Waals surface area contributed by atoms with Crippen LogP contribution in [0.1, 0.15) is 33.1 Å². The van der Waals surface area contributed by atoms with E-state index in [2.05, 4.69) is 0 Å². The van der Waals surface area contributed by atoms with Gasteiger partial charge in [-0.25, -0.2) is 0 Å². The summed E-state index contributed by atoms with van der Waals surface area (Å²) in [5.41, 5.74) is -1.13. The number of rotatable bonds is 5. The zero-order chi connectivity index (χ0) is 8.91. The first-order chi connectivity index (χ1) is 5.04. The van der Waals surface area contributed by atoms with Crippen LogP contribution in [0.4, 0.5) is 0 Å². The zero-order valence-corrected chi connectivity index (χ0v) is 7.25. The van der Waals surface area contributed by atoms with Gasteiger partial charge in [-0.1, -0.05) is 19.8 Å². The maximum atomic E-state index is 9.50. The van der Waals surface area contributed by atoms with E-state index in [1.54, 1.807) is 6.92 Å². The van der Waals surface area contributed by atoms with Crippen molar-refractivity contribution in [3.8, 4) is 0 Å². The van der Waals surface area contributed by atoms with Crippen molar-refractivity contribution < 1.29 is 15.3 Å². The highest BCUT2D eigenvalue weighted by Gasteiger charge is 2.28. The van der Waals surface area contributed by atoms with Crippen LogP contribution in [0.25, 0.3) is 0 Å². The average Bonchev–Trinajstić information content (AvgIpc) is 1.99. The molecule has 0 aromatic heterocycles. The molecule has 2 unspecified atom stereocenters. The second-order valence-electron chi connectivity index (χ2n) is 3.16. The minimum atomic E-state index is -1.13. The standard InChI is InChI=1S/C8H18O3/c1-3-4-5-8(2,11)7(10)6-9/h7,9-11H,3-6H2,1-2H3. The molecule has 0 aliphatic rings. The quantitative estimate of drug-likeness (QED) is 0.544. The molecule has 11 heavy (non-hydrogen) atoms. The minimum Gasteiger partial charge on any atom is -0.394 e. The summed E-state index contributed by atoms with van der Waals surface area (Å²) in [6.07, 6.45) is 1.36. The Labute approximate surface area is 67.7 Å². The molecule has 2 atom stereocenters. The fraction of sp³-hybridized carbons (Fsp3) is 1.00. The van der Waals surface area contributed by atoms with Crippen LogP contribution in [0.5, 0.6) is 0 Å². The van der Waals surface area contributed by atoms with Gasteiger partial charge in [-0.3, -0.25) is 0 Å². The van der Waals surface area contributed by atoms with Gasteiger partial charge in [0.25, 0.3) is 0 Å². The van der Waals surface area contributed by atoms with Crippen LogP contribution in [-0.2, 0) is 0 Å². The lowest BCUT2D eigenvalue weighted by Gasteiger charge is -2.27. The van der Waals surface area contributed by atoms with E-state index in [0.717, 1.165) is 12.8 Å². The van der Waals surface area contributed by atoms with Crippen LogP contribution in [0, 0.1) is 0 Å². The minimum absolute atomic E-state index is 0.378. The third-order valence-electron chi connectivity index (χ3n) is 1.93. The maximum Gasteiger partial charge on any atom is 0.105 e. The van der Waals surface area contributed by atoms with Gasteiger partial charge in [-0.15, -0.1) is 0 Å². The van der Waals surface area contributed by atoms with Crippen molar-refractivity contribution in [2.24, 2.45) is 0 Å². The molecule has 3 heteroatoms. The Bertz CT molecular complexity index is 102. The first kappa shape index (κ1) is 10.9. The Hall–Kier alpha value is -0.120. The summed E-state index contributed by atoms with van der Waals surface area (Å²) in [6.45, 7) is 3.18. The Morgan fingerprint density at radius 1 is 1.45 bits per heavy atom. The highest BCUT2D eigenvalue weighted by molar-refractivity contribution is 4.80. The van der Waals surface area contributed by atoms with E-state index in [1.165, 1.54) is 0 Å². The molecule has 0 spiro atoms. The first-order valence-electron chi connectivity index (χ1n) is 4.06. The maximum absolute atomic E-state index is 9.50. The molecule has 0 bridgehead atoms. The summed E-state index contributed by atoms with van der Waals surface area (Å²) in [7, 11) is 0. The van der Waals surface area contributed by atoms with Gasteiger partial charge < -0.3 is 15.3 Å². The van der Waals surface area contributed by atoms with Gasteiger partial charge in [-0.05, 0) is 13.3 Å². The van der Waals surface area contributed by atoms with Crippen LogP contribution in [0.3, 0.4) is 0 Å². The molecule has 3 N–H and O–H groups in total. The van der Waals surface area contributed by atoms with E-state index in [1.807, 2.05) is 6.92 Å². The van der Waals surface area contributed by atoms with Crippen molar-refractivity contribution in [2.45, 2.75) is 44.8 Å². The highest BCUT2D eigenvalue weighted by atomic mass is 16.4. The van der Waals surface area contributed by atoms with E-state index >= 15 is 0 Å². The molecular formula is C8H18O3. The number of hydrogen-bond acceptors (Lipinski definition) is 3. The topological polar surface area (TPSA) is 60.7 Å². The third kappa shape index (κ3) is 3.70. The van der Waals surface area contributed by atoms with Crippen LogP contribution in [0.2, 0.25) is 0 Å². The second kappa shape index (κ2) is 4.70. The molecule has 0 amide bonds. The van der Waals surface area contributed by atoms with Gasteiger partial charge in [0, 0.05) is 0 Å². The summed E-state index contributed by atoms with van der Waals surface area (Å²) < 4.78 is 0. The molecule has 0 fully saturated rings. The molecule has 0 saturated carbocycles. The van der Waals surface area contributed by atoms with Crippen molar-refractivity contribution >= 4 is 0 Å². The number of hydrogen-bond donors (Lipinski definition) is 3. The fourth-order valence-electron chi connectivity index (χ4n) is 0.898. The van der Waals surface area contributed by atoms with E-state index in [-0.39, 0.29) is 6.61 Å². The van der Waals surface area contributed by atoms with E-state index < -0.39 is 11.7 Å². The summed E-state index contributed by atoms with van der Waals surface area (Å²) in [4.78, 5) is 0. The van der Waals surface area contributed by atoms with Crippen LogP contribution in [0.15, 0.2) is 0 Å². The molecule has 3 nitrogen and oxygen atoms in total. The summed E-state index contributed by atoms with van der Waals surface area (Å²) >= 11 is 0. The largest absolute Gasteiger partial charge is 0.394 e. The molecule has 0 aromatic rings. The predicted octanol–water partition coefficient (Wildman–Crippen LogP) is 0.281. The molecule has 0 radical (unpaired) electrons. The first-order valence-corrected chi connectivity index (χ1v) is 4.06. The summed E-state index contributed by atoms with van der Waals surface area (Å²) in [5.74, 6) is 0. The van der Waals surface area contributed by atoms with E-state index in [0.29, 0.717) is 6.42 Å². The van der Waals surface area contributed by atoms with Crippen LogP contribution >= 0.6 is 0 Å². The van der Waals surface area contributed by atoms with E-state index in [9.17, 15) is 5.11 Å². The molecule has 0 aliphatic carbocycles. The average molecular weight is 162 g/mol. The molecule has 68 valence electrons. The van der Waals surface area contributed by atoms with Gasteiger partial charge in [0.05, 0.1) is 12.2 Å². The summed E-state index contributed by atoms with van der Waals surface area (Å²) in [5, 5.41) is 27.2. The molecular weight excluding hydrogens is 144 g/mol. The predicted molar refractivity (Wildman–Crippen MR) is 43.2 cm³/mol. The van der Waals surface area contributed by atoms with Crippen LogP contribution < -0.4 is 0 Å². The Balaban J connectivity index is 3.77. The van der Waals surface area contributed by atoms with Crippen molar-refractivity contribution in [3.63, 3.8) is 0 Å². The van der Waals surface area contributed by atoms with Gasteiger partial charge >= 0.3 is 0 Å². The van der Waals surface area contributed by atoms with Crippen molar-refractivity contribution in [1.82, 2.24) is 0 Å². The van der Waals surface area contributed by atoms with E-state index in [4.69, 9.17) is 10.2 Å². The molecule has 0 aromatic carbocycles. The smallest absolute Gasteiger partial charge is 0.105 e. The van der Waals surface area contributed by atoms with Crippen molar-refractivity contribution in [1.29, 1.82) is 0 Å². The van der Waals surface area contributed by atoms with Gasteiger partial charge in [0.1, 0.15) is 6.10 Å². The number of unbranched alkanes of at least 4 members (excludes halogenated alkanes) is 1. The summed E-state index contributed by atoms with van der Waals surface area (Å²) in [6, 6.07) is 0. The number of aliphatic hydroxyl groups excluding tert-OH is 2. The SMILES string of the molecule is CCCCC(C)(O)C(O)CO. The van der Waals surface area contributed by atoms with Gasteiger partial charge in [0.15, 0.2) is 0 Å². The lowest BCUT2D eigenvalue weighted by molar-refractivity contribution is -0.0881. The van der Waals surface area contributed by atoms with Crippen LogP contribution in [-0.4, -0.2) is 33.6 Å². The Morgan fingerprint density at radius 2 is 2.00 bits per heavy atom. The monoisotopic (exact) mass is 162 g/mol. The lowest BCUT2D eigenvalue weighted by atomic mass is 9.93. The Kier molecular flexibility index (Phi) is 4.65. The molecule has 0 rings (SSSR count). The lowest BCUT2D eigenvalue weighted by Crippen LogP contribution is -2.41. The Morgan fingerprint density at radius 3 is 2.36 bits per heavy atom. The fourth-order valence-corrected chi connectivity index (χ4v) is 0.898. The zero-order valence-electron chi connectivity index (χ0n) is 7.25. The molecule has 0 heterocycles. The third-order valence-corrected chi connectivity index (χ3v) is 1.93. The molecule has 0 saturated heterocycles. The molecule has 0 aliphatic heterocycles. The van der Waals surface area contributed by atoms with Gasteiger partial charge in [0.2, 0.25) is 0 Å². The second-order valence-corrected chi connectivity index (χ2v) is 3.16. The highest BCUT2D eigenvalue weighted by Crippen LogP contribution is 2.17. The van der Waals surface area contributed by atoms with Crippen molar-refractivity contribution in [3.05, 3.63) is 0 Å². The van der Waals surface area contributed by atoms with Gasteiger partial charge in [-0.2, -0.15) is 0 Å².